The molecule has 1 amide bonds. The van der Waals surface area contributed by atoms with E-state index in [1.165, 1.54) is 6.33 Å². The molecular formula is C14H14N4O2. The fraction of sp³-hybridized carbons (Fsp3) is 0.214. The molecule has 6 heteroatoms. The van der Waals surface area contributed by atoms with Crippen LogP contribution in [0.25, 0.3) is 0 Å². The highest BCUT2D eigenvalue weighted by molar-refractivity contribution is 5.96. The molecule has 0 radical (unpaired) electrons. The molecule has 3 N–H and O–H groups in total. The Morgan fingerprint density at radius 2 is 2.35 bits per heavy atom. The number of aliphatic hydroxyl groups is 1. The van der Waals surface area contributed by atoms with E-state index in [9.17, 15) is 4.79 Å². The second-order valence-corrected chi connectivity index (χ2v) is 4.12. The Kier molecular flexibility index (Phi) is 4.47. The second kappa shape index (κ2) is 6.50. The fourth-order valence-corrected chi connectivity index (χ4v) is 1.67. The van der Waals surface area contributed by atoms with Crippen molar-refractivity contribution < 1.29 is 9.90 Å². The van der Waals surface area contributed by atoms with Crippen molar-refractivity contribution in [2.24, 2.45) is 0 Å². The molecule has 2 rings (SSSR count). The molecule has 0 saturated carbocycles. The third kappa shape index (κ3) is 3.43. The van der Waals surface area contributed by atoms with E-state index in [1.807, 2.05) is 19.1 Å². The molecule has 20 heavy (non-hydrogen) atoms. The van der Waals surface area contributed by atoms with E-state index < -0.39 is 0 Å². The predicted octanol–water partition coefficient (Wildman–Crippen LogP) is 0.387. The van der Waals surface area contributed by atoms with Crippen LogP contribution < -0.4 is 5.32 Å². The maximum Gasteiger partial charge on any atom is 0.252 e. The van der Waals surface area contributed by atoms with Crippen LogP contribution >= 0.6 is 0 Å². The maximum atomic E-state index is 12.1. The molecule has 0 aliphatic heterocycles. The number of nitrogens with one attached hydrogen (secondary N) is 2. The third-order valence-corrected chi connectivity index (χ3v) is 2.60. The first kappa shape index (κ1) is 13.8. The van der Waals surface area contributed by atoms with E-state index in [-0.39, 0.29) is 19.1 Å². The summed E-state index contributed by atoms with van der Waals surface area (Å²) < 4.78 is 0. The average molecular weight is 270 g/mol. The Hall–Kier alpha value is -2.65. The zero-order valence-electron chi connectivity index (χ0n) is 11.0. The van der Waals surface area contributed by atoms with Crippen LogP contribution in [-0.2, 0) is 6.54 Å². The summed E-state index contributed by atoms with van der Waals surface area (Å²) in [7, 11) is 0. The number of H-pyrrole nitrogens is 1. The first-order valence-electron chi connectivity index (χ1n) is 6.03. The van der Waals surface area contributed by atoms with Gasteiger partial charge in [0.05, 0.1) is 12.1 Å². The van der Waals surface area contributed by atoms with Gasteiger partial charge in [0.2, 0.25) is 0 Å². The number of carbonyl (C=O) groups excluding carboxylic acids is 1. The number of nitrogens with zero attached hydrogens (tertiary/aromatic N) is 2. The van der Waals surface area contributed by atoms with Gasteiger partial charge in [-0.3, -0.25) is 9.89 Å². The van der Waals surface area contributed by atoms with Crippen LogP contribution in [0.2, 0.25) is 0 Å². The molecule has 0 aliphatic rings. The summed E-state index contributed by atoms with van der Waals surface area (Å²) in [5, 5.41) is 17.9. The molecule has 1 aromatic carbocycles. The van der Waals surface area contributed by atoms with Crippen molar-refractivity contribution in [1.82, 2.24) is 20.5 Å². The maximum absolute atomic E-state index is 12.1. The van der Waals surface area contributed by atoms with Crippen LogP contribution in [-0.4, -0.2) is 32.8 Å². The molecule has 0 fully saturated rings. The van der Waals surface area contributed by atoms with E-state index in [0.29, 0.717) is 17.0 Å². The van der Waals surface area contributed by atoms with Crippen LogP contribution in [0.1, 0.15) is 27.3 Å². The molecule has 0 atom stereocenters. The molecular weight excluding hydrogens is 256 g/mol. The van der Waals surface area contributed by atoms with Gasteiger partial charge >= 0.3 is 0 Å². The minimum Gasteiger partial charge on any atom is -0.384 e. The Labute approximate surface area is 116 Å². The van der Waals surface area contributed by atoms with Gasteiger partial charge in [0.1, 0.15) is 18.8 Å². The van der Waals surface area contributed by atoms with Crippen molar-refractivity contribution in [2.45, 2.75) is 13.5 Å². The highest BCUT2D eigenvalue weighted by atomic mass is 16.2. The van der Waals surface area contributed by atoms with Gasteiger partial charge in [-0.1, -0.05) is 17.9 Å². The summed E-state index contributed by atoms with van der Waals surface area (Å²) >= 11 is 0. The van der Waals surface area contributed by atoms with Crippen LogP contribution in [0.4, 0.5) is 0 Å². The highest BCUT2D eigenvalue weighted by Crippen LogP contribution is 2.11. The van der Waals surface area contributed by atoms with Gasteiger partial charge in [0.15, 0.2) is 0 Å². The van der Waals surface area contributed by atoms with Crippen LogP contribution in [0.15, 0.2) is 24.5 Å². The van der Waals surface area contributed by atoms with E-state index in [0.717, 1.165) is 5.56 Å². The predicted molar refractivity (Wildman–Crippen MR) is 72.7 cm³/mol. The van der Waals surface area contributed by atoms with Crippen molar-refractivity contribution >= 4 is 5.91 Å². The number of hydrogen-bond acceptors (Lipinski definition) is 4. The monoisotopic (exact) mass is 270 g/mol. The van der Waals surface area contributed by atoms with E-state index >= 15 is 0 Å². The smallest absolute Gasteiger partial charge is 0.252 e. The zero-order chi connectivity index (χ0) is 14.4. The van der Waals surface area contributed by atoms with Crippen molar-refractivity contribution in [3.05, 3.63) is 47.0 Å². The summed E-state index contributed by atoms with van der Waals surface area (Å²) in [4.78, 5) is 16.1. The number of benzene rings is 1. The lowest BCUT2D eigenvalue weighted by Gasteiger charge is -2.06. The number of aromatic nitrogens is 3. The van der Waals surface area contributed by atoms with Crippen molar-refractivity contribution in [3.8, 4) is 11.8 Å². The normalized spacial score (nSPS) is 9.70. The van der Waals surface area contributed by atoms with E-state index in [1.54, 1.807) is 6.07 Å². The number of amides is 1. The zero-order valence-corrected chi connectivity index (χ0v) is 11.0. The Bertz CT molecular complexity index is 654. The van der Waals surface area contributed by atoms with Crippen LogP contribution in [0.5, 0.6) is 0 Å². The van der Waals surface area contributed by atoms with Crippen molar-refractivity contribution in [2.75, 3.05) is 6.61 Å². The van der Waals surface area contributed by atoms with Crippen LogP contribution in [0.3, 0.4) is 0 Å². The largest absolute Gasteiger partial charge is 0.384 e. The lowest BCUT2D eigenvalue weighted by atomic mass is 10.0. The second-order valence-electron chi connectivity index (χ2n) is 4.12. The minimum atomic E-state index is -0.247. The van der Waals surface area contributed by atoms with Gasteiger partial charge in [0.25, 0.3) is 5.91 Å². The number of aromatic amines is 1. The number of carbonyl (C=O) groups is 1. The Balaban J connectivity index is 2.16. The first-order chi connectivity index (χ1) is 9.70. The number of rotatable bonds is 3. The summed E-state index contributed by atoms with van der Waals surface area (Å²) in [6, 6.07) is 5.37. The van der Waals surface area contributed by atoms with Gasteiger partial charge in [-0.05, 0) is 24.6 Å². The topological polar surface area (TPSA) is 90.9 Å². The molecule has 6 nitrogen and oxygen atoms in total. The number of aliphatic hydroxyl groups excluding tert-OH is 1. The Morgan fingerprint density at radius 3 is 3.05 bits per heavy atom. The Morgan fingerprint density at radius 1 is 1.50 bits per heavy atom. The molecule has 0 spiro atoms. The summed E-state index contributed by atoms with van der Waals surface area (Å²) in [6.07, 6.45) is 1.38. The summed E-state index contributed by atoms with van der Waals surface area (Å²) in [6.45, 7) is 1.94. The number of hydrogen-bond donors (Lipinski definition) is 3. The SMILES string of the molecule is Cc1ccc(C(=O)NCc2ncn[nH]2)c(C#CCO)c1. The molecule has 1 heterocycles. The standard InChI is InChI=1S/C14H14N4O2/c1-10-4-5-12(11(7-10)3-2-6-19)14(20)15-8-13-16-9-17-18-13/h4-5,7,9,19H,6,8H2,1H3,(H,15,20)(H,16,17,18). The lowest BCUT2D eigenvalue weighted by molar-refractivity contribution is 0.0949. The lowest BCUT2D eigenvalue weighted by Crippen LogP contribution is -2.24. The summed E-state index contributed by atoms with van der Waals surface area (Å²) in [5.41, 5.74) is 2.06. The van der Waals surface area contributed by atoms with Crippen LogP contribution in [0, 0.1) is 18.8 Å². The average Bonchev–Trinajstić information content (AvgIpc) is 2.96. The molecule has 102 valence electrons. The quantitative estimate of drug-likeness (QED) is 0.703. The molecule has 0 aliphatic carbocycles. The number of aryl methyl sites for hydroxylation is 1. The molecule has 0 saturated heterocycles. The molecule has 2 aromatic rings. The molecule has 0 unspecified atom stereocenters. The fourth-order valence-electron chi connectivity index (χ4n) is 1.67. The third-order valence-electron chi connectivity index (χ3n) is 2.60. The first-order valence-corrected chi connectivity index (χ1v) is 6.03. The van der Waals surface area contributed by atoms with Gasteiger partial charge in [-0.25, -0.2) is 4.98 Å². The minimum absolute atomic E-state index is 0.243. The van der Waals surface area contributed by atoms with E-state index in [2.05, 4.69) is 32.3 Å². The van der Waals surface area contributed by atoms with Gasteiger partial charge < -0.3 is 10.4 Å². The van der Waals surface area contributed by atoms with Crippen molar-refractivity contribution in [1.29, 1.82) is 0 Å². The molecule has 1 aromatic heterocycles. The van der Waals surface area contributed by atoms with Gasteiger partial charge in [0, 0.05) is 5.56 Å². The van der Waals surface area contributed by atoms with E-state index in [4.69, 9.17) is 5.11 Å². The van der Waals surface area contributed by atoms with Crippen molar-refractivity contribution in [3.63, 3.8) is 0 Å². The van der Waals surface area contributed by atoms with Gasteiger partial charge in [-0.2, -0.15) is 5.10 Å². The summed E-state index contributed by atoms with van der Waals surface area (Å²) in [5.74, 6) is 5.67. The highest BCUT2D eigenvalue weighted by Gasteiger charge is 2.10. The molecule has 0 bridgehead atoms. The van der Waals surface area contributed by atoms with Gasteiger partial charge in [-0.15, -0.1) is 0 Å².